The molecule has 0 amide bonds. The second kappa shape index (κ2) is 7.23. The van der Waals surface area contributed by atoms with Crippen LogP contribution in [0.2, 0.25) is 5.28 Å². The van der Waals surface area contributed by atoms with Gasteiger partial charge >= 0.3 is 48.9 Å². The molecule has 0 aliphatic heterocycles. The van der Waals surface area contributed by atoms with Crippen molar-refractivity contribution in [3.05, 3.63) is 5.28 Å². The molecule has 0 radical (unpaired) electrons. The van der Waals surface area contributed by atoms with Crippen LogP contribution in [0.5, 0.6) is 12.0 Å². The zero-order valence-corrected chi connectivity index (χ0v) is 12.5. The zero-order valence-electron chi connectivity index (χ0n) is 11.7. The first kappa shape index (κ1) is 23.1. The lowest BCUT2D eigenvalue weighted by atomic mass is 10.3. The van der Waals surface area contributed by atoms with Crippen molar-refractivity contribution >= 4 is 11.6 Å². The molecule has 1 aromatic heterocycles. The van der Waals surface area contributed by atoms with Crippen molar-refractivity contribution in [2.75, 3.05) is 0 Å². The average Bonchev–Trinajstić information content (AvgIpc) is 2.43. The number of hydrogen-bond donors (Lipinski definition) is 0. The van der Waals surface area contributed by atoms with Gasteiger partial charge in [0.25, 0.3) is 0 Å². The summed E-state index contributed by atoms with van der Waals surface area (Å²) in [5, 5.41) is -1.49. The summed E-state index contributed by atoms with van der Waals surface area (Å²) in [7, 11) is 0. The Morgan fingerprint density at radius 2 is 0.926 bits per heavy atom. The van der Waals surface area contributed by atoms with Gasteiger partial charge in [0, 0.05) is 0 Å². The summed E-state index contributed by atoms with van der Waals surface area (Å²) in [4.78, 5) is 7.35. The molecule has 27 heavy (non-hydrogen) atoms. The molecular weight excluding hydrogens is 446 g/mol. The first-order valence-corrected chi connectivity index (χ1v) is 6.19. The summed E-state index contributed by atoms with van der Waals surface area (Å²) in [6.45, 7) is 0. The van der Waals surface area contributed by atoms with Crippen molar-refractivity contribution in [2.45, 2.75) is 36.9 Å². The Morgan fingerprint density at radius 3 is 1.15 bits per heavy atom. The van der Waals surface area contributed by atoms with E-state index in [2.05, 4.69) is 24.4 Å². The molecule has 0 aliphatic rings. The van der Waals surface area contributed by atoms with Crippen LogP contribution in [0.25, 0.3) is 0 Å². The third kappa shape index (κ3) is 4.67. The maximum absolute atomic E-state index is 13.4. The Kier molecular flexibility index (Phi) is 6.19. The van der Waals surface area contributed by atoms with Gasteiger partial charge in [0.15, 0.2) is 0 Å². The predicted octanol–water partition coefficient (Wildman–Crippen LogP) is 4.27. The lowest BCUT2D eigenvalue weighted by Gasteiger charge is -2.27. The van der Waals surface area contributed by atoms with Gasteiger partial charge in [-0.3, -0.25) is 0 Å². The van der Waals surface area contributed by atoms with Crippen LogP contribution < -0.4 is 9.47 Å². The Hall–Kier alpha value is -1.94. The van der Waals surface area contributed by atoms with Crippen LogP contribution in [-0.2, 0) is 0 Å². The van der Waals surface area contributed by atoms with E-state index in [1.807, 2.05) is 0 Å². The summed E-state index contributed by atoms with van der Waals surface area (Å²) in [6, 6.07) is -4.33. The van der Waals surface area contributed by atoms with E-state index in [9.17, 15) is 52.7 Å². The molecule has 0 bridgehead atoms. The van der Waals surface area contributed by atoms with E-state index in [0.29, 0.717) is 0 Å². The number of ether oxygens (including phenoxy) is 2. The highest BCUT2D eigenvalue weighted by Crippen LogP contribution is 2.42. The number of halogens is 13. The van der Waals surface area contributed by atoms with E-state index in [-0.39, 0.29) is 0 Å². The summed E-state index contributed by atoms with van der Waals surface area (Å²) in [6.07, 6.45) is -22.7. The molecule has 156 valence electrons. The number of aromatic nitrogens is 3. The molecule has 2 atom stereocenters. The first-order chi connectivity index (χ1) is 11.9. The van der Waals surface area contributed by atoms with Gasteiger partial charge in [-0.2, -0.15) is 45.1 Å². The van der Waals surface area contributed by atoms with E-state index in [1.54, 1.807) is 0 Å². The maximum Gasteiger partial charge on any atom is 0.466 e. The average molecular weight is 448 g/mol. The van der Waals surface area contributed by atoms with E-state index in [4.69, 9.17) is 11.6 Å². The minimum atomic E-state index is -6.42. The molecule has 1 heterocycles. The van der Waals surface area contributed by atoms with Crippen molar-refractivity contribution in [3.63, 3.8) is 0 Å². The quantitative estimate of drug-likeness (QED) is 0.610. The lowest BCUT2D eigenvalue weighted by molar-refractivity contribution is -0.344. The Balaban J connectivity index is 3.32. The molecule has 1 aromatic rings. The van der Waals surface area contributed by atoms with E-state index >= 15 is 0 Å². The fourth-order valence-corrected chi connectivity index (χ4v) is 1.27. The van der Waals surface area contributed by atoms with Crippen molar-refractivity contribution < 1.29 is 62.2 Å². The van der Waals surface area contributed by atoms with Crippen LogP contribution >= 0.6 is 11.6 Å². The number of hydrogen-bond acceptors (Lipinski definition) is 5. The molecule has 0 saturated carbocycles. The minimum absolute atomic E-state index is 1.49. The number of alkyl halides is 12. The zero-order chi connectivity index (χ0) is 21.4. The Labute approximate surface area is 144 Å². The van der Waals surface area contributed by atoms with Gasteiger partial charge in [-0.05, 0) is 11.6 Å². The SMILES string of the molecule is FC(F)C(F)(Oc1nc(Cl)nc(OC(F)(C(F)F)C(F)(F)F)n1)C(F)(F)F. The molecule has 0 saturated heterocycles. The highest BCUT2D eigenvalue weighted by molar-refractivity contribution is 6.28. The van der Waals surface area contributed by atoms with Crippen LogP contribution in [0, 0.1) is 0 Å². The minimum Gasteiger partial charge on any atom is -0.412 e. The molecule has 2 unspecified atom stereocenters. The second-order valence-corrected chi connectivity index (χ2v) is 4.60. The first-order valence-electron chi connectivity index (χ1n) is 5.81. The topological polar surface area (TPSA) is 57.1 Å². The van der Waals surface area contributed by atoms with Gasteiger partial charge in [0.1, 0.15) is 0 Å². The van der Waals surface area contributed by atoms with Crippen LogP contribution in [0.3, 0.4) is 0 Å². The predicted molar refractivity (Wildman–Crippen MR) is 57.9 cm³/mol. The number of nitrogens with zero attached hydrogens (tertiary/aromatic N) is 3. The summed E-state index contributed by atoms with van der Waals surface area (Å²) >= 11 is 4.99. The lowest BCUT2D eigenvalue weighted by Crippen LogP contribution is -2.53. The largest absolute Gasteiger partial charge is 0.466 e. The van der Waals surface area contributed by atoms with Crippen LogP contribution in [-0.4, -0.2) is 51.9 Å². The van der Waals surface area contributed by atoms with Gasteiger partial charge < -0.3 is 9.47 Å². The third-order valence-electron chi connectivity index (χ3n) is 2.38. The maximum atomic E-state index is 13.4. The second-order valence-electron chi connectivity index (χ2n) is 4.26. The van der Waals surface area contributed by atoms with Gasteiger partial charge in [0.05, 0.1) is 0 Å². The molecule has 0 spiro atoms. The van der Waals surface area contributed by atoms with Crippen molar-refractivity contribution in [1.29, 1.82) is 0 Å². The molecule has 1 rings (SSSR count). The molecule has 0 fully saturated rings. The molecule has 0 aliphatic carbocycles. The van der Waals surface area contributed by atoms with Gasteiger partial charge in [-0.25, -0.2) is 17.6 Å². The third-order valence-corrected chi connectivity index (χ3v) is 2.55. The molecule has 18 heteroatoms. The summed E-state index contributed by atoms with van der Waals surface area (Å²) < 4.78 is 156. The molecule has 5 nitrogen and oxygen atoms in total. The van der Waals surface area contributed by atoms with Crippen LogP contribution in [0.15, 0.2) is 0 Å². The summed E-state index contributed by atoms with van der Waals surface area (Å²) in [5.41, 5.74) is 0. The molecule has 0 aromatic carbocycles. The molecule has 0 N–H and O–H groups in total. The van der Waals surface area contributed by atoms with Gasteiger partial charge in [-0.1, -0.05) is 0 Å². The Morgan fingerprint density at radius 1 is 0.630 bits per heavy atom. The van der Waals surface area contributed by atoms with Crippen LogP contribution in [0.4, 0.5) is 52.7 Å². The highest BCUT2D eigenvalue weighted by atomic mass is 35.5. The monoisotopic (exact) mass is 447 g/mol. The smallest absolute Gasteiger partial charge is 0.412 e. The van der Waals surface area contributed by atoms with Crippen LogP contribution in [0.1, 0.15) is 0 Å². The molecular formula is C9H2ClF12N3O2. The van der Waals surface area contributed by atoms with E-state index in [1.165, 1.54) is 0 Å². The fourth-order valence-electron chi connectivity index (χ4n) is 1.12. The van der Waals surface area contributed by atoms with Crippen molar-refractivity contribution in [2.24, 2.45) is 0 Å². The highest BCUT2D eigenvalue weighted by Gasteiger charge is 2.68. The normalized spacial score (nSPS) is 17.6. The van der Waals surface area contributed by atoms with Crippen molar-refractivity contribution in [1.82, 2.24) is 15.0 Å². The van der Waals surface area contributed by atoms with Gasteiger partial charge in [-0.15, -0.1) is 4.98 Å². The Bertz CT molecular complexity index is 618. The van der Waals surface area contributed by atoms with E-state index in [0.717, 1.165) is 0 Å². The summed E-state index contributed by atoms with van der Waals surface area (Å²) in [5.74, 6) is -11.6. The fraction of sp³-hybridized carbons (Fsp3) is 0.667. The number of rotatable bonds is 6. The van der Waals surface area contributed by atoms with Gasteiger partial charge in [0.2, 0.25) is 5.28 Å². The van der Waals surface area contributed by atoms with Crippen molar-refractivity contribution in [3.8, 4) is 12.0 Å². The standard InChI is InChI=1S/C9H2ClF12N3O2/c10-3-23-4(26-6(15,1(11)12)8(17,18)19)25-5(24-3)27-7(16,2(13)14)9(20,21)22/h1-2H. The van der Waals surface area contributed by atoms with E-state index < -0.39 is 54.2 Å².